The predicted octanol–water partition coefficient (Wildman–Crippen LogP) is 8.62. The highest BCUT2D eigenvalue weighted by molar-refractivity contribution is 5.87. The molecular formula is C45H45N7O4. The summed E-state index contributed by atoms with van der Waals surface area (Å²) in [5, 5.41) is 9.79. The minimum atomic E-state index is -1.16. The van der Waals surface area contributed by atoms with Gasteiger partial charge in [-0.25, -0.2) is 14.8 Å². The van der Waals surface area contributed by atoms with Crippen LogP contribution in [0.5, 0.6) is 0 Å². The van der Waals surface area contributed by atoms with Gasteiger partial charge in [0.2, 0.25) is 5.91 Å². The average Bonchev–Trinajstić information content (AvgIpc) is 4.08. The number of aromatic amines is 2. The quantitative estimate of drug-likeness (QED) is 0.128. The van der Waals surface area contributed by atoms with Crippen LogP contribution in [0.1, 0.15) is 79.4 Å². The minimum Gasteiger partial charge on any atom is -0.465 e. The molecule has 2 fully saturated rings. The second-order valence-electron chi connectivity index (χ2n) is 14.7. The SMILES string of the molecule is C[C@H](C(=O)N1CCCC1c1ncc(-c2ccc(-c3ccc(-c4cnc([C@@H]5CCCN5C(=O)[C@@H](c5ccccc5)N(C)C(=O)O)[nH]4)cc3)cc2)[nH]1)c1ccccc1. The molecule has 11 nitrogen and oxygen atoms in total. The summed E-state index contributed by atoms with van der Waals surface area (Å²) in [6.07, 6.45) is 5.86. The van der Waals surface area contributed by atoms with Crippen LogP contribution in [-0.2, 0) is 9.59 Å². The Morgan fingerprint density at radius 2 is 1.07 bits per heavy atom. The van der Waals surface area contributed by atoms with E-state index in [1.165, 1.54) is 7.05 Å². The molecule has 0 aliphatic carbocycles. The van der Waals surface area contributed by atoms with Gasteiger partial charge in [0.05, 0.1) is 41.8 Å². The molecule has 3 amide bonds. The van der Waals surface area contributed by atoms with E-state index in [0.29, 0.717) is 17.9 Å². The van der Waals surface area contributed by atoms with Gasteiger partial charge in [-0.1, -0.05) is 109 Å². The van der Waals surface area contributed by atoms with Crippen molar-refractivity contribution in [3.63, 3.8) is 0 Å². The van der Waals surface area contributed by atoms with Gasteiger partial charge >= 0.3 is 6.09 Å². The number of carboxylic acid groups (broad SMARTS) is 1. The number of benzene rings is 4. The van der Waals surface area contributed by atoms with Gasteiger partial charge in [-0.15, -0.1) is 0 Å². The van der Waals surface area contributed by atoms with E-state index >= 15 is 0 Å². The fourth-order valence-corrected chi connectivity index (χ4v) is 8.19. The largest absolute Gasteiger partial charge is 0.465 e. The lowest BCUT2D eigenvalue weighted by molar-refractivity contribution is -0.137. The number of imidazole rings is 2. The maximum absolute atomic E-state index is 13.9. The lowest BCUT2D eigenvalue weighted by Gasteiger charge is -2.32. The van der Waals surface area contributed by atoms with Crippen LogP contribution in [0.15, 0.2) is 122 Å². The number of nitrogens with zero attached hydrogens (tertiary/aromatic N) is 5. The Morgan fingerprint density at radius 1 is 0.643 bits per heavy atom. The van der Waals surface area contributed by atoms with Crippen molar-refractivity contribution < 1.29 is 19.5 Å². The van der Waals surface area contributed by atoms with E-state index < -0.39 is 12.1 Å². The third kappa shape index (κ3) is 7.20. The Kier molecular flexibility index (Phi) is 10.2. The molecule has 4 heterocycles. The van der Waals surface area contributed by atoms with E-state index in [-0.39, 0.29) is 29.8 Å². The zero-order valence-electron chi connectivity index (χ0n) is 31.5. The number of carbonyl (C=O) groups is 3. The fourth-order valence-electron chi connectivity index (χ4n) is 8.19. The van der Waals surface area contributed by atoms with Gasteiger partial charge < -0.3 is 24.9 Å². The number of amides is 3. The summed E-state index contributed by atoms with van der Waals surface area (Å²) in [7, 11) is 1.43. The van der Waals surface area contributed by atoms with Crippen molar-refractivity contribution in [3.8, 4) is 33.6 Å². The molecule has 4 atom stereocenters. The van der Waals surface area contributed by atoms with Crippen molar-refractivity contribution in [2.75, 3.05) is 20.1 Å². The molecular weight excluding hydrogens is 703 g/mol. The zero-order valence-corrected chi connectivity index (χ0v) is 31.5. The van der Waals surface area contributed by atoms with Crippen LogP contribution in [-0.4, -0.2) is 77.8 Å². The number of likely N-dealkylation sites (tertiary alicyclic amines) is 2. The first-order valence-corrected chi connectivity index (χ1v) is 19.2. The van der Waals surface area contributed by atoms with Crippen molar-refractivity contribution in [1.29, 1.82) is 0 Å². The molecule has 3 N–H and O–H groups in total. The van der Waals surface area contributed by atoms with Crippen molar-refractivity contribution in [3.05, 3.63) is 144 Å². The number of rotatable bonds is 10. The molecule has 284 valence electrons. The Bertz CT molecular complexity index is 2300. The van der Waals surface area contributed by atoms with Crippen molar-refractivity contribution >= 4 is 17.9 Å². The molecule has 2 aromatic heterocycles. The van der Waals surface area contributed by atoms with Crippen molar-refractivity contribution in [2.24, 2.45) is 0 Å². The Morgan fingerprint density at radius 3 is 1.54 bits per heavy atom. The summed E-state index contributed by atoms with van der Waals surface area (Å²) in [6, 6.07) is 34.3. The first-order chi connectivity index (χ1) is 27.3. The maximum Gasteiger partial charge on any atom is 0.407 e. The van der Waals surface area contributed by atoms with Gasteiger partial charge in [0, 0.05) is 20.1 Å². The second kappa shape index (κ2) is 15.7. The summed E-state index contributed by atoms with van der Waals surface area (Å²) >= 11 is 0. The second-order valence-corrected chi connectivity index (χ2v) is 14.7. The van der Waals surface area contributed by atoms with Gasteiger partial charge in [0.25, 0.3) is 5.91 Å². The van der Waals surface area contributed by atoms with E-state index in [4.69, 9.17) is 9.97 Å². The number of H-pyrrole nitrogens is 2. The maximum atomic E-state index is 13.9. The molecule has 0 spiro atoms. The summed E-state index contributed by atoms with van der Waals surface area (Å²) in [5.41, 5.74) is 7.55. The zero-order chi connectivity index (χ0) is 38.8. The van der Waals surface area contributed by atoms with E-state index in [0.717, 1.165) is 82.2 Å². The normalized spacial score (nSPS) is 17.8. The monoisotopic (exact) mass is 747 g/mol. The topological polar surface area (TPSA) is 139 Å². The predicted molar refractivity (Wildman–Crippen MR) is 214 cm³/mol. The molecule has 11 heteroatoms. The van der Waals surface area contributed by atoms with E-state index in [1.54, 1.807) is 23.2 Å². The first-order valence-electron chi connectivity index (χ1n) is 19.2. The Balaban J connectivity index is 0.930. The van der Waals surface area contributed by atoms with Crippen molar-refractivity contribution in [1.82, 2.24) is 34.6 Å². The number of carbonyl (C=O) groups excluding carboxylic acids is 2. The van der Waals surface area contributed by atoms with Crippen LogP contribution in [0.25, 0.3) is 33.6 Å². The molecule has 4 aromatic carbocycles. The fraction of sp³-hybridized carbons (Fsp3) is 0.267. The summed E-state index contributed by atoms with van der Waals surface area (Å²) in [6.45, 7) is 3.24. The third-order valence-corrected chi connectivity index (χ3v) is 11.3. The van der Waals surface area contributed by atoms with Crippen LogP contribution in [0, 0.1) is 0 Å². The van der Waals surface area contributed by atoms with Crippen LogP contribution >= 0.6 is 0 Å². The summed E-state index contributed by atoms with van der Waals surface area (Å²) in [4.78, 5) is 60.6. The number of hydrogen-bond donors (Lipinski definition) is 3. The van der Waals surface area contributed by atoms with Crippen LogP contribution < -0.4 is 0 Å². The van der Waals surface area contributed by atoms with Crippen LogP contribution in [0.3, 0.4) is 0 Å². The first kappa shape index (κ1) is 36.5. The number of hydrogen-bond acceptors (Lipinski definition) is 5. The molecule has 1 unspecified atom stereocenters. The van der Waals surface area contributed by atoms with Gasteiger partial charge in [-0.3, -0.25) is 14.5 Å². The molecule has 0 bridgehead atoms. The minimum absolute atomic E-state index is 0.0661. The van der Waals surface area contributed by atoms with Gasteiger partial charge in [-0.05, 0) is 66.0 Å². The van der Waals surface area contributed by atoms with Gasteiger partial charge in [0.1, 0.15) is 17.7 Å². The Labute approximate surface area is 326 Å². The molecule has 6 aromatic rings. The Hall–Kier alpha value is -6.49. The average molecular weight is 748 g/mol. The van der Waals surface area contributed by atoms with E-state index in [1.807, 2.05) is 66.6 Å². The number of nitrogens with one attached hydrogen (secondary N) is 2. The lowest BCUT2D eigenvalue weighted by atomic mass is 9.99. The summed E-state index contributed by atoms with van der Waals surface area (Å²) < 4.78 is 0. The molecule has 8 rings (SSSR count). The molecule has 0 radical (unpaired) electrons. The number of likely N-dealkylation sites (N-methyl/N-ethyl adjacent to an activating group) is 1. The molecule has 2 aliphatic heterocycles. The summed E-state index contributed by atoms with van der Waals surface area (Å²) in [5.74, 6) is 1.17. The molecule has 56 heavy (non-hydrogen) atoms. The van der Waals surface area contributed by atoms with E-state index in [2.05, 4.69) is 58.5 Å². The third-order valence-electron chi connectivity index (χ3n) is 11.3. The van der Waals surface area contributed by atoms with Crippen molar-refractivity contribution in [2.45, 2.75) is 56.7 Å². The standard InChI is InChI=1S/C45H45N7O4/c1-29(30-11-5-3-6-12-30)43(53)51-25-9-15-38(51)41-46-27-36(48-41)33-21-17-31(18-22-33)32-19-23-34(24-20-32)37-28-47-42(49-37)39-16-10-26-52(39)44(54)40(50(2)45(55)56)35-13-7-4-8-14-35/h3-8,11-14,17-24,27-29,38-40H,9-10,15-16,25-26H2,1-2H3,(H,46,48)(H,47,49)(H,55,56)/t29-,38?,39-,40+/m0/s1. The van der Waals surface area contributed by atoms with E-state index in [9.17, 15) is 19.5 Å². The van der Waals surface area contributed by atoms with Gasteiger partial charge in [0.15, 0.2) is 0 Å². The smallest absolute Gasteiger partial charge is 0.407 e. The van der Waals surface area contributed by atoms with Crippen LogP contribution in [0.4, 0.5) is 4.79 Å². The highest BCUT2D eigenvalue weighted by Gasteiger charge is 2.39. The number of aromatic nitrogens is 4. The van der Waals surface area contributed by atoms with Crippen LogP contribution in [0.2, 0.25) is 0 Å². The molecule has 0 saturated carbocycles. The highest BCUT2D eigenvalue weighted by atomic mass is 16.4. The van der Waals surface area contributed by atoms with Gasteiger partial charge in [-0.2, -0.15) is 0 Å². The lowest BCUT2D eigenvalue weighted by Crippen LogP contribution is -2.43. The molecule has 2 saturated heterocycles. The highest BCUT2D eigenvalue weighted by Crippen LogP contribution is 2.37. The molecule has 2 aliphatic rings.